The van der Waals surface area contributed by atoms with Crippen LogP contribution in [-0.2, 0) is 19.7 Å². The second kappa shape index (κ2) is 6.06. The molecule has 0 unspecified atom stereocenters. The Balaban J connectivity index is 3.10. The van der Waals surface area contributed by atoms with Gasteiger partial charge in [-0.2, -0.15) is 0 Å². The first kappa shape index (κ1) is 20.9. The number of aryl methyl sites for hydroxylation is 2. The third-order valence-electron chi connectivity index (χ3n) is 4.65. The maximum Gasteiger partial charge on any atom is 0.184 e. The molecule has 2 rings (SSSR count). The van der Waals surface area contributed by atoms with Gasteiger partial charge in [0.1, 0.15) is 0 Å². The van der Waals surface area contributed by atoms with Crippen LogP contribution < -0.4 is 0 Å². The van der Waals surface area contributed by atoms with Crippen molar-refractivity contribution in [3.63, 3.8) is 0 Å². The van der Waals surface area contributed by atoms with Crippen molar-refractivity contribution < 1.29 is 16.8 Å². The van der Waals surface area contributed by atoms with Gasteiger partial charge < -0.3 is 0 Å². The Morgan fingerprint density at radius 3 is 1.08 bits per heavy atom. The molecule has 144 valence electrons. The summed E-state index contributed by atoms with van der Waals surface area (Å²) in [6.45, 7) is 13.4. The van der Waals surface area contributed by atoms with Gasteiger partial charge in [0.25, 0.3) is 0 Å². The Hall–Kier alpha value is -1.40. The Morgan fingerprint density at radius 2 is 0.846 bits per heavy atom. The van der Waals surface area contributed by atoms with Gasteiger partial charge >= 0.3 is 0 Å². The van der Waals surface area contributed by atoms with E-state index in [2.05, 4.69) is 0 Å². The van der Waals surface area contributed by atoms with Crippen LogP contribution in [0.15, 0.2) is 34.1 Å². The average molecular weight is 397 g/mol. The van der Waals surface area contributed by atoms with E-state index in [1.54, 1.807) is 79.7 Å². The molecule has 0 aliphatic rings. The minimum atomic E-state index is -3.64. The van der Waals surface area contributed by atoms with Crippen LogP contribution in [0.3, 0.4) is 0 Å². The van der Waals surface area contributed by atoms with Crippen molar-refractivity contribution in [3.8, 4) is 0 Å². The van der Waals surface area contributed by atoms with Crippen molar-refractivity contribution in [2.75, 3.05) is 0 Å². The van der Waals surface area contributed by atoms with Crippen LogP contribution in [0.5, 0.6) is 0 Å². The third kappa shape index (κ3) is 3.07. The van der Waals surface area contributed by atoms with Crippen molar-refractivity contribution in [1.82, 2.24) is 0 Å². The zero-order valence-electron chi connectivity index (χ0n) is 16.8. The highest BCUT2D eigenvalue weighted by atomic mass is 32.2. The van der Waals surface area contributed by atoms with Gasteiger partial charge in [0.05, 0.1) is 19.3 Å². The lowest BCUT2D eigenvalue weighted by atomic mass is 10.0. The van der Waals surface area contributed by atoms with Gasteiger partial charge in [-0.3, -0.25) is 0 Å². The van der Waals surface area contributed by atoms with E-state index in [1.807, 2.05) is 0 Å². The number of sulfone groups is 2. The first-order valence-electron chi connectivity index (χ1n) is 8.55. The molecule has 0 heterocycles. The van der Waals surface area contributed by atoms with Crippen molar-refractivity contribution in [2.24, 2.45) is 0 Å². The van der Waals surface area contributed by atoms with Crippen LogP contribution in [0.2, 0.25) is 0 Å². The summed E-state index contributed by atoms with van der Waals surface area (Å²) in [6.07, 6.45) is 0. The Morgan fingerprint density at radius 1 is 0.577 bits per heavy atom. The van der Waals surface area contributed by atoms with Gasteiger partial charge in [-0.25, -0.2) is 16.8 Å². The normalized spacial score (nSPS) is 14.0. The predicted molar refractivity (Wildman–Crippen MR) is 107 cm³/mol. The number of hydrogen-bond donors (Lipinski definition) is 0. The molecule has 0 amide bonds. The molecule has 4 nitrogen and oxygen atoms in total. The summed E-state index contributed by atoms with van der Waals surface area (Å²) in [4.78, 5) is 0.431. The summed E-state index contributed by atoms with van der Waals surface area (Å²) in [5, 5.41) is 0.932. The van der Waals surface area contributed by atoms with Crippen molar-refractivity contribution in [2.45, 2.75) is 74.7 Å². The fraction of sp³-hybridized carbons (Fsp3) is 0.500. The van der Waals surface area contributed by atoms with Crippen molar-refractivity contribution in [3.05, 3.63) is 35.4 Å². The van der Waals surface area contributed by atoms with Crippen LogP contribution in [-0.4, -0.2) is 26.3 Å². The van der Waals surface area contributed by atoms with Crippen molar-refractivity contribution in [1.29, 1.82) is 0 Å². The SMILES string of the molecule is Cc1ccc2c(S(=O)(=O)C(C)(C)C)c(C)ccc2c1S(=O)(=O)C(C)(C)C. The summed E-state index contributed by atoms with van der Waals surface area (Å²) < 4.78 is 50.8. The summed E-state index contributed by atoms with van der Waals surface area (Å²) >= 11 is 0. The topological polar surface area (TPSA) is 68.3 Å². The summed E-state index contributed by atoms with van der Waals surface area (Å²) in [5.41, 5.74) is 1.24. The molecular formula is C20H28O4S2. The van der Waals surface area contributed by atoms with E-state index in [4.69, 9.17) is 0 Å². The molecule has 26 heavy (non-hydrogen) atoms. The Labute approximate surface area is 157 Å². The summed E-state index contributed by atoms with van der Waals surface area (Å²) in [5.74, 6) is 0. The zero-order valence-corrected chi connectivity index (χ0v) is 18.4. The average Bonchev–Trinajstić information content (AvgIpc) is 2.44. The highest BCUT2D eigenvalue weighted by Gasteiger charge is 2.37. The lowest BCUT2D eigenvalue weighted by molar-refractivity contribution is 0.559. The first-order chi connectivity index (χ1) is 11.5. The smallest absolute Gasteiger partial charge is 0.184 e. The molecule has 0 radical (unpaired) electrons. The van der Waals surface area contributed by atoms with Gasteiger partial charge in [-0.05, 0) is 66.5 Å². The largest absolute Gasteiger partial charge is 0.223 e. The molecule has 0 aromatic heterocycles. The van der Waals surface area contributed by atoms with Gasteiger partial charge in [-0.1, -0.05) is 24.3 Å². The number of hydrogen-bond acceptors (Lipinski definition) is 4. The molecule has 0 atom stereocenters. The molecular weight excluding hydrogens is 368 g/mol. The fourth-order valence-corrected chi connectivity index (χ4v) is 6.04. The molecule has 6 heteroatoms. The molecule has 2 aromatic rings. The van der Waals surface area contributed by atoms with Crippen LogP contribution in [0.25, 0.3) is 10.8 Å². The lowest BCUT2D eigenvalue weighted by Crippen LogP contribution is -2.30. The van der Waals surface area contributed by atoms with E-state index >= 15 is 0 Å². The monoisotopic (exact) mass is 396 g/mol. The fourth-order valence-electron chi connectivity index (χ4n) is 2.89. The van der Waals surface area contributed by atoms with E-state index < -0.39 is 29.2 Å². The third-order valence-corrected chi connectivity index (χ3v) is 10.0. The molecule has 2 aromatic carbocycles. The van der Waals surface area contributed by atoms with Gasteiger partial charge in [0.2, 0.25) is 0 Å². The summed E-state index contributed by atoms with van der Waals surface area (Å²) in [6, 6.07) is 6.83. The van der Waals surface area contributed by atoms with Gasteiger partial charge in [0, 0.05) is 10.8 Å². The summed E-state index contributed by atoms with van der Waals surface area (Å²) in [7, 11) is -7.28. The van der Waals surface area contributed by atoms with E-state index in [-0.39, 0.29) is 9.79 Å². The Bertz CT molecular complexity index is 990. The second-order valence-electron chi connectivity index (χ2n) is 8.75. The molecule has 0 bridgehead atoms. The molecule has 0 aliphatic carbocycles. The second-order valence-corrected chi connectivity index (χ2v) is 14.0. The molecule has 0 spiro atoms. The molecule has 0 saturated carbocycles. The highest BCUT2D eigenvalue weighted by molar-refractivity contribution is 7.93. The van der Waals surface area contributed by atoms with Crippen LogP contribution in [0.1, 0.15) is 52.7 Å². The molecule has 0 fully saturated rings. The van der Waals surface area contributed by atoms with E-state index in [0.29, 0.717) is 21.9 Å². The van der Waals surface area contributed by atoms with E-state index in [1.165, 1.54) is 0 Å². The van der Waals surface area contributed by atoms with E-state index in [0.717, 1.165) is 0 Å². The van der Waals surface area contributed by atoms with Crippen LogP contribution >= 0.6 is 0 Å². The van der Waals surface area contributed by atoms with Crippen molar-refractivity contribution >= 4 is 30.4 Å². The molecule has 0 aliphatic heterocycles. The van der Waals surface area contributed by atoms with E-state index in [9.17, 15) is 16.8 Å². The standard InChI is InChI=1S/C20H28O4S2/c1-13-9-11-16-15(17(13)25(21,22)19(3,4)5)12-10-14(2)18(16)26(23,24)20(6,7)8/h9-12H,1-8H3. The molecule has 0 N–H and O–H groups in total. The number of fused-ring (bicyclic) bond motifs is 1. The predicted octanol–water partition coefficient (Wildman–Crippen LogP) is 4.60. The Kier molecular flexibility index (Phi) is 4.87. The number of benzene rings is 2. The number of rotatable bonds is 2. The minimum Gasteiger partial charge on any atom is -0.223 e. The van der Waals surface area contributed by atoms with Crippen LogP contribution in [0.4, 0.5) is 0 Å². The zero-order chi connectivity index (χ0) is 20.3. The van der Waals surface area contributed by atoms with Crippen LogP contribution in [0, 0.1) is 13.8 Å². The maximum atomic E-state index is 13.2. The van der Waals surface area contributed by atoms with Gasteiger partial charge in [0.15, 0.2) is 19.7 Å². The highest BCUT2D eigenvalue weighted by Crippen LogP contribution is 2.39. The molecule has 0 saturated heterocycles. The van der Waals surface area contributed by atoms with Gasteiger partial charge in [-0.15, -0.1) is 0 Å². The first-order valence-corrected chi connectivity index (χ1v) is 11.5. The minimum absolute atomic E-state index is 0.216. The maximum absolute atomic E-state index is 13.2. The quantitative estimate of drug-likeness (QED) is 0.744. The lowest BCUT2D eigenvalue weighted by Gasteiger charge is -2.25.